The van der Waals surface area contributed by atoms with Gasteiger partial charge in [-0.05, 0) is 35.4 Å². The van der Waals surface area contributed by atoms with Crippen molar-refractivity contribution in [2.24, 2.45) is 0 Å². The van der Waals surface area contributed by atoms with Gasteiger partial charge in [-0.1, -0.05) is 42.5 Å². The number of ether oxygens (including phenoxy) is 1. The molecule has 0 unspecified atom stereocenters. The Morgan fingerprint density at radius 2 is 1.70 bits per heavy atom. The Morgan fingerprint density at radius 3 is 2.52 bits per heavy atom. The highest BCUT2D eigenvalue weighted by molar-refractivity contribution is 5.29. The van der Waals surface area contributed by atoms with Crippen molar-refractivity contribution in [3.63, 3.8) is 0 Å². The molecule has 1 heterocycles. The molecule has 0 radical (unpaired) electrons. The van der Waals surface area contributed by atoms with Crippen molar-refractivity contribution < 1.29 is 4.74 Å². The van der Waals surface area contributed by atoms with Gasteiger partial charge in [-0.15, -0.1) is 0 Å². The molecule has 0 fully saturated rings. The summed E-state index contributed by atoms with van der Waals surface area (Å²) in [6.45, 7) is 2.59. The molecule has 23 heavy (non-hydrogen) atoms. The fourth-order valence-electron chi connectivity index (χ4n) is 2.66. The molecular weight excluding hydrogens is 284 g/mol. The van der Waals surface area contributed by atoms with Crippen molar-refractivity contribution in [2.45, 2.75) is 19.6 Å². The van der Waals surface area contributed by atoms with Gasteiger partial charge in [0, 0.05) is 31.5 Å². The molecule has 0 saturated carbocycles. The molecule has 3 rings (SSSR count). The zero-order valence-electron chi connectivity index (χ0n) is 13.4. The van der Waals surface area contributed by atoms with Crippen LogP contribution in [0.2, 0.25) is 0 Å². The Balaban J connectivity index is 1.60. The highest BCUT2D eigenvalue weighted by Crippen LogP contribution is 2.15. The molecule has 0 amide bonds. The second-order valence-electron chi connectivity index (χ2n) is 5.57. The lowest BCUT2D eigenvalue weighted by Gasteiger charge is -2.11. The summed E-state index contributed by atoms with van der Waals surface area (Å²) in [5, 5.41) is 3.51. The van der Waals surface area contributed by atoms with Gasteiger partial charge in [-0.2, -0.15) is 0 Å². The Morgan fingerprint density at radius 1 is 0.870 bits per heavy atom. The van der Waals surface area contributed by atoms with Crippen molar-refractivity contribution >= 4 is 0 Å². The number of methoxy groups -OCH3 is 1. The molecule has 0 spiro atoms. The molecule has 2 aromatic carbocycles. The van der Waals surface area contributed by atoms with Gasteiger partial charge in [0.25, 0.3) is 0 Å². The molecule has 3 heteroatoms. The zero-order valence-corrected chi connectivity index (χ0v) is 13.4. The molecule has 1 aromatic heterocycles. The summed E-state index contributed by atoms with van der Waals surface area (Å²) in [7, 11) is 1.70. The third-order valence-electron chi connectivity index (χ3n) is 3.89. The fraction of sp³-hybridized carbons (Fsp3) is 0.200. The molecule has 3 nitrogen and oxygen atoms in total. The Hall–Kier alpha value is -2.52. The Bertz CT molecular complexity index is 734. The number of nitrogens with one attached hydrogen (secondary N) is 1. The van der Waals surface area contributed by atoms with Crippen molar-refractivity contribution in [2.75, 3.05) is 7.11 Å². The van der Waals surface area contributed by atoms with E-state index in [9.17, 15) is 0 Å². The maximum absolute atomic E-state index is 5.30. The second kappa shape index (κ2) is 7.65. The van der Waals surface area contributed by atoms with E-state index in [-0.39, 0.29) is 0 Å². The number of hydrogen-bond acceptors (Lipinski definition) is 2. The summed E-state index contributed by atoms with van der Waals surface area (Å²) in [5.74, 6) is 0.901. The highest BCUT2D eigenvalue weighted by atomic mass is 16.5. The number of nitrogens with zero attached hydrogens (tertiary/aromatic N) is 1. The minimum atomic E-state index is 0.853. The predicted molar refractivity (Wildman–Crippen MR) is 93.5 cm³/mol. The average molecular weight is 306 g/mol. The topological polar surface area (TPSA) is 26.2 Å². The lowest BCUT2D eigenvalue weighted by atomic mass is 10.2. The van der Waals surface area contributed by atoms with Crippen LogP contribution >= 0.6 is 0 Å². The van der Waals surface area contributed by atoms with Gasteiger partial charge in [0.2, 0.25) is 0 Å². The average Bonchev–Trinajstić information content (AvgIpc) is 3.03. The lowest BCUT2D eigenvalue weighted by Crippen LogP contribution is -2.16. The molecule has 0 bridgehead atoms. The summed E-state index contributed by atoms with van der Waals surface area (Å²) in [6, 6.07) is 23.0. The van der Waals surface area contributed by atoms with E-state index in [1.807, 2.05) is 18.2 Å². The van der Waals surface area contributed by atoms with E-state index in [4.69, 9.17) is 4.74 Å². The maximum atomic E-state index is 5.30. The molecule has 0 saturated heterocycles. The van der Waals surface area contributed by atoms with E-state index in [0.29, 0.717) is 0 Å². The SMILES string of the molecule is COc1cccc(Cn2cccc2CNCc2ccccc2)c1. The smallest absolute Gasteiger partial charge is 0.119 e. The minimum absolute atomic E-state index is 0.853. The summed E-state index contributed by atoms with van der Waals surface area (Å²) >= 11 is 0. The maximum Gasteiger partial charge on any atom is 0.119 e. The summed E-state index contributed by atoms with van der Waals surface area (Å²) < 4.78 is 7.57. The van der Waals surface area contributed by atoms with E-state index in [2.05, 4.69) is 64.6 Å². The van der Waals surface area contributed by atoms with E-state index in [0.717, 1.165) is 25.4 Å². The third-order valence-corrected chi connectivity index (χ3v) is 3.89. The lowest BCUT2D eigenvalue weighted by molar-refractivity contribution is 0.414. The van der Waals surface area contributed by atoms with Crippen LogP contribution in [0.25, 0.3) is 0 Å². The largest absolute Gasteiger partial charge is 0.497 e. The van der Waals surface area contributed by atoms with Crippen molar-refractivity contribution in [3.8, 4) is 5.75 Å². The number of benzene rings is 2. The standard InChI is InChI=1S/C20H22N2O/c1-23-20-11-5-9-18(13-20)16-22-12-6-10-19(22)15-21-14-17-7-3-2-4-8-17/h2-13,21H,14-16H2,1H3. The van der Waals surface area contributed by atoms with Crippen LogP contribution in [0.3, 0.4) is 0 Å². The summed E-state index contributed by atoms with van der Waals surface area (Å²) in [4.78, 5) is 0. The first-order chi connectivity index (χ1) is 11.3. The Labute approximate surface area is 137 Å². The predicted octanol–water partition coefficient (Wildman–Crippen LogP) is 3.83. The van der Waals surface area contributed by atoms with Crippen LogP contribution in [0.15, 0.2) is 72.9 Å². The van der Waals surface area contributed by atoms with Crippen LogP contribution in [0.1, 0.15) is 16.8 Å². The fourth-order valence-corrected chi connectivity index (χ4v) is 2.66. The monoisotopic (exact) mass is 306 g/mol. The first kappa shape index (κ1) is 15.4. The van der Waals surface area contributed by atoms with Crippen molar-refractivity contribution in [1.29, 1.82) is 0 Å². The summed E-state index contributed by atoms with van der Waals surface area (Å²) in [5.41, 5.74) is 3.83. The quantitative estimate of drug-likeness (QED) is 0.718. The van der Waals surface area contributed by atoms with Crippen LogP contribution in [0.4, 0.5) is 0 Å². The minimum Gasteiger partial charge on any atom is -0.497 e. The van der Waals surface area contributed by atoms with Gasteiger partial charge >= 0.3 is 0 Å². The van der Waals surface area contributed by atoms with E-state index in [1.54, 1.807) is 7.11 Å². The third kappa shape index (κ3) is 4.24. The molecule has 0 aliphatic heterocycles. The number of rotatable bonds is 7. The summed E-state index contributed by atoms with van der Waals surface area (Å²) in [6.07, 6.45) is 2.12. The van der Waals surface area contributed by atoms with Crippen LogP contribution in [-0.4, -0.2) is 11.7 Å². The van der Waals surface area contributed by atoms with Gasteiger partial charge in [-0.25, -0.2) is 0 Å². The van der Waals surface area contributed by atoms with Crippen LogP contribution in [0.5, 0.6) is 5.75 Å². The van der Waals surface area contributed by atoms with E-state index < -0.39 is 0 Å². The van der Waals surface area contributed by atoms with Crippen molar-refractivity contribution in [1.82, 2.24) is 9.88 Å². The number of aromatic nitrogens is 1. The van der Waals surface area contributed by atoms with Crippen LogP contribution in [-0.2, 0) is 19.6 Å². The normalized spacial score (nSPS) is 10.7. The molecule has 3 aromatic rings. The Kier molecular flexibility index (Phi) is 5.12. The van der Waals surface area contributed by atoms with Gasteiger partial charge < -0.3 is 14.6 Å². The zero-order chi connectivity index (χ0) is 15.9. The van der Waals surface area contributed by atoms with Gasteiger partial charge in [0.1, 0.15) is 5.75 Å². The van der Waals surface area contributed by atoms with E-state index >= 15 is 0 Å². The molecular formula is C20H22N2O. The van der Waals surface area contributed by atoms with Crippen LogP contribution in [0, 0.1) is 0 Å². The number of hydrogen-bond donors (Lipinski definition) is 1. The van der Waals surface area contributed by atoms with Crippen molar-refractivity contribution in [3.05, 3.63) is 89.7 Å². The highest BCUT2D eigenvalue weighted by Gasteiger charge is 2.03. The first-order valence-electron chi connectivity index (χ1n) is 7.87. The molecule has 118 valence electrons. The molecule has 0 aliphatic carbocycles. The first-order valence-corrected chi connectivity index (χ1v) is 7.87. The van der Waals surface area contributed by atoms with Gasteiger partial charge in [0.05, 0.1) is 7.11 Å². The molecule has 0 aliphatic rings. The van der Waals surface area contributed by atoms with Gasteiger partial charge in [0.15, 0.2) is 0 Å². The van der Waals surface area contributed by atoms with Gasteiger partial charge in [-0.3, -0.25) is 0 Å². The molecule has 0 atom stereocenters. The molecule has 1 N–H and O–H groups in total. The van der Waals surface area contributed by atoms with E-state index in [1.165, 1.54) is 16.8 Å². The van der Waals surface area contributed by atoms with Crippen LogP contribution < -0.4 is 10.1 Å². The second-order valence-corrected chi connectivity index (χ2v) is 5.57.